The van der Waals surface area contributed by atoms with Crippen LogP contribution in [0.5, 0.6) is 5.75 Å². The van der Waals surface area contributed by atoms with Crippen LogP contribution in [-0.4, -0.2) is 29.4 Å². The molecule has 140 valence electrons. The lowest BCUT2D eigenvalue weighted by molar-refractivity contribution is 0.129. The van der Waals surface area contributed by atoms with Gasteiger partial charge in [-0.3, -0.25) is 0 Å². The number of aliphatic hydroxyl groups is 1. The second-order valence-corrected chi connectivity index (χ2v) is 8.05. The molecule has 0 spiro atoms. The molecule has 0 radical (unpaired) electrons. The number of rotatable bonds is 5. The number of urea groups is 1. The number of carbonyl (C=O) groups is 1. The van der Waals surface area contributed by atoms with E-state index in [9.17, 15) is 9.90 Å². The standard InChI is InChI=1S/C20H32N2O3/c1-14-5-8-16(18(11-14)25-20(2,3)4)12-21-19(24)22-17-9-6-15(13-23)7-10-17/h5,8,11,15,17,23H,6-7,9-10,12-13H2,1-4H3,(H2,21,22,24). The Morgan fingerprint density at radius 3 is 2.52 bits per heavy atom. The van der Waals surface area contributed by atoms with Gasteiger partial charge < -0.3 is 20.5 Å². The second-order valence-electron chi connectivity index (χ2n) is 8.05. The van der Waals surface area contributed by atoms with Gasteiger partial charge in [0.2, 0.25) is 0 Å². The quantitative estimate of drug-likeness (QED) is 0.762. The molecule has 2 rings (SSSR count). The normalized spacial score (nSPS) is 20.8. The van der Waals surface area contributed by atoms with Crippen molar-refractivity contribution < 1.29 is 14.6 Å². The Morgan fingerprint density at radius 2 is 1.92 bits per heavy atom. The van der Waals surface area contributed by atoms with Crippen molar-refractivity contribution in [1.29, 1.82) is 0 Å². The average Bonchev–Trinajstić information content (AvgIpc) is 2.53. The molecular formula is C20H32N2O3. The molecule has 3 N–H and O–H groups in total. The summed E-state index contributed by atoms with van der Waals surface area (Å²) in [5.41, 5.74) is 1.82. The summed E-state index contributed by atoms with van der Waals surface area (Å²) in [6, 6.07) is 6.10. The Kier molecular flexibility index (Phi) is 6.71. The fraction of sp³-hybridized carbons (Fsp3) is 0.650. The molecule has 0 heterocycles. The first-order valence-electron chi connectivity index (χ1n) is 9.20. The van der Waals surface area contributed by atoms with Gasteiger partial charge in [-0.1, -0.05) is 12.1 Å². The smallest absolute Gasteiger partial charge is 0.315 e. The predicted molar refractivity (Wildman–Crippen MR) is 99.8 cm³/mol. The highest BCUT2D eigenvalue weighted by Crippen LogP contribution is 2.25. The number of aryl methyl sites for hydroxylation is 1. The zero-order valence-corrected chi connectivity index (χ0v) is 15.9. The van der Waals surface area contributed by atoms with Crippen LogP contribution in [0.25, 0.3) is 0 Å². The lowest BCUT2D eigenvalue weighted by Crippen LogP contribution is -2.43. The molecule has 0 saturated heterocycles. The van der Waals surface area contributed by atoms with Crippen molar-refractivity contribution in [1.82, 2.24) is 10.6 Å². The van der Waals surface area contributed by atoms with E-state index in [1.54, 1.807) is 0 Å². The number of carbonyl (C=O) groups excluding carboxylic acids is 1. The Balaban J connectivity index is 1.87. The van der Waals surface area contributed by atoms with Crippen LogP contribution < -0.4 is 15.4 Å². The molecule has 25 heavy (non-hydrogen) atoms. The van der Waals surface area contributed by atoms with Gasteiger partial charge >= 0.3 is 6.03 Å². The molecule has 0 aromatic heterocycles. The van der Waals surface area contributed by atoms with Crippen LogP contribution in [0.15, 0.2) is 18.2 Å². The zero-order chi connectivity index (χ0) is 18.4. The van der Waals surface area contributed by atoms with E-state index in [-0.39, 0.29) is 24.3 Å². The van der Waals surface area contributed by atoms with E-state index in [0.717, 1.165) is 42.6 Å². The second kappa shape index (κ2) is 8.56. The number of nitrogens with one attached hydrogen (secondary N) is 2. The first-order chi connectivity index (χ1) is 11.8. The summed E-state index contributed by atoms with van der Waals surface area (Å²) in [5, 5.41) is 15.2. The predicted octanol–water partition coefficient (Wildman–Crippen LogP) is 3.52. The van der Waals surface area contributed by atoms with Crippen molar-refractivity contribution in [3.05, 3.63) is 29.3 Å². The van der Waals surface area contributed by atoms with Crippen LogP contribution in [0.1, 0.15) is 57.6 Å². The molecule has 0 unspecified atom stereocenters. The molecule has 1 aromatic rings. The van der Waals surface area contributed by atoms with Gasteiger partial charge in [0.05, 0.1) is 0 Å². The summed E-state index contributed by atoms with van der Waals surface area (Å²) in [7, 11) is 0. The number of benzene rings is 1. The number of hydrogen-bond acceptors (Lipinski definition) is 3. The van der Waals surface area contributed by atoms with Crippen molar-refractivity contribution in [3.63, 3.8) is 0 Å². The van der Waals surface area contributed by atoms with Gasteiger partial charge in [-0.15, -0.1) is 0 Å². The minimum Gasteiger partial charge on any atom is -0.488 e. The van der Waals surface area contributed by atoms with Crippen molar-refractivity contribution in [2.45, 2.75) is 71.6 Å². The van der Waals surface area contributed by atoms with Crippen LogP contribution in [0.3, 0.4) is 0 Å². The van der Waals surface area contributed by atoms with Crippen LogP contribution in [0.4, 0.5) is 4.79 Å². The number of aliphatic hydroxyl groups excluding tert-OH is 1. The average molecular weight is 348 g/mol. The molecule has 1 saturated carbocycles. The molecule has 1 aromatic carbocycles. The molecule has 0 bridgehead atoms. The summed E-state index contributed by atoms with van der Waals surface area (Å²) in [5.74, 6) is 1.21. The zero-order valence-electron chi connectivity index (χ0n) is 15.9. The molecule has 1 fully saturated rings. The van der Waals surface area contributed by atoms with Gasteiger partial charge in [0, 0.05) is 24.8 Å². The number of amides is 2. The third kappa shape index (κ3) is 6.58. The minimum absolute atomic E-state index is 0.144. The summed E-state index contributed by atoms with van der Waals surface area (Å²) in [6.45, 7) is 8.76. The molecule has 2 amide bonds. The van der Waals surface area contributed by atoms with Gasteiger partial charge in [0.1, 0.15) is 11.4 Å². The first kappa shape index (κ1) is 19.6. The Hall–Kier alpha value is -1.75. The summed E-state index contributed by atoms with van der Waals surface area (Å²) in [4.78, 5) is 12.2. The van der Waals surface area contributed by atoms with E-state index in [1.165, 1.54) is 0 Å². The van der Waals surface area contributed by atoms with Crippen LogP contribution in [0.2, 0.25) is 0 Å². The van der Waals surface area contributed by atoms with E-state index in [4.69, 9.17) is 4.74 Å². The van der Waals surface area contributed by atoms with Crippen LogP contribution in [-0.2, 0) is 6.54 Å². The minimum atomic E-state index is -0.282. The van der Waals surface area contributed by atoms with Gasteiger partial charge in [-0.05, 0) is 70.9 Å². The lowest BCUT2D eigenvalue weighted by Gasteiger charge is -2.28. The monoisotopic (exact) mass is 348 g/mol. The highest BCUT2D eigenvalue weighted by Gasteiger charge is 2.22. The lowest BCUT2D eigenvalue weighted by atomic mass is 9.87. The number of hydrogen-bond donors (Lipinski definition) is 3. The molecule has 0 atom stereocenters. The highest BCUT2D eigenvalue weighted by atomic mass is 16.5. The van der Waals surface area contributed by atoms with Crippen molar-refractivity contribution >= 4 is 6.03 Å². The number of ether oxygens (including phenoxy) is 1. The van der Waals surface area contributed by atoms with Crippen molar-refractivity contribution in [2.75, 3.05) is 6.61 Å². The van der Waals surface area contributed by atoms with Crippen molar-refractivity contribution in [2.24, 2.45) is 5.92 Å². The highest BCUT2D eigenvalue weighted by molar-refractivity contribution is 5.74. The Morgan fingerprint density at radius 1 is 1.24 bits per heavy atom. The van der Waals surface area contributed by atoms with Crippen molar-refractivity contribution in [3.8, 4) is 5.75 Å². The maximum atomic E-state index is 12.2. The maximum Gasteiger partial charge on any atom is 0.315 e. The molecule has 0 aliphatic heterocycles. The van der Waals surface area contributed by atoms with Gasteiger partial charge in [-0.25, -0.2) is 4.79 Å². The van der Waals surface area contributed by atoms with Crippen LogP contribution in [0, 0.1) is 12.8 Å². The molecule has 1 aliphatic rings. The third-order valence-corrected chi connectivity index (χ3v) is 4.52. The van der Waals surface area contributed by atoms with E-state index in [2.05, 4.69) is 10.6 Å². The summed E-state index contributed by atoms with van der Waals surface area (Å²) in [6.07, 6.45) is 3.81. The fourth-order valence-corrected chi connectivity index (χ4v) is 3.13. The first-order valence-corrected chi connectivity index (χ1v) is 9.20. The van der Waals surface area contributed by atoms with Crippen LogP contribution >= 0.6 is 0 Å². The topological polar surface area (TPSA) is 70.6 Å². The van der Waals surface area contributed by atoms with Gasteiger partial charge in [-0.2, -0.15) is 0 Å². The summed E-state index contributed by atoms with van der Waals surface area (Å²) < 4.78 is 6.02. The third-order valence-electron chi connectivity index (χ3n) is 4.52. The Labute approximate surface area is 151 Å². The molecular weight excluding hydrogens is 316 g/mol. The van der Waals surface area contributed by atoms with Gasteiger partial charge in [0.15, 0.2) is 0 Å². The fourth-order valence-electron chi connectivity index (χ4n) is 3.13. The van der Waals surface area contributed by atoms with E-state index >= 15 is 0 Å². The molecule has 5 nitrogen and oxygen atoms in total. The Bertz CT molecular complexity index is 573. The van der Waals surface area contributed by atoms with E-state index in [1.807, 2.05) is 45.9 Å². The molecule has 5 heteroatoms. The van der Waals surface area contributed by atoms with E-state index in [0.29, 0.717) is 12.5 Å². The molecule has 1 aliphatic carbocycles. The van der Waals surface area contributed by atoms with Gasteiger partial charge in [0.25, 0.3) is 0 Å². The van der Waals surface area contributed by atoms with E-state index < -0.39 is 0 Å². The summed E-state index contributed by atoms with van der Waals surface area (Å²) >= 11 is 0. The maximum absolute atomic E-state index is 12.2. The largest absolute Gasteiger partial charge is 0.488 e. The SMILES string of the molecule is Cc1ccc(CNC(=O)NC2CCC(CO)CC2)c(OC(C)(C)C)c1.